The van der Waals surface area contributed by atoms with Crippen LogP contribution in [-0.4, -0.2) is 42.1 Å². The molecule has 0 aliphatic carbocycles. The number of allylic oxidation sites excluding steroid dienone is 1. The summed E-state index contributed by atoms with van der Waals surface area (Å²) in [6.45, 7) is 5.50. The lowest BCUT2D eigenvalue weighted by atomic mass is 10.2. The molecule has 7 nitrogen and oxygen atoms in total. The van der Waals surface area contributed by atoms with Gasteiger partial charge in [0.05, 0.1) is 18.9 Å². The van der Waals surface area contributed by atoms with Gasteiger partial charge in [-0.1, -0.05) is 11.3 Å². The highest BCUT2D eigenvalue weighted by Gasteiger charge is 2.24. The number of fused-ring (bicyclic) bond motifs is 1. The molecule has 0 saturated carbocycles. The van der Waals surface area contributed by atoms with Gasteiger partial charge in [0.2, 0.25) is 0 Å². The molecule has 0 unspecified atom stereocenters. The summed E-state index contributed by atoms with van der Waals surface area (Å²) >= 11 is 0. The monoisotopic (exact) mass is 286 g/mol. The van der Waals surface area contributed by atoms with E-state index in [1.165, 1.54) is 5.69 Å². The van der Waals surface area contributed by atoms with Crippen LogP contribution in [0.2, 0.25) is 0 Å². The number of aromatic nitrogens is 5. The Hall–Kier alpha value is -2.44. The number of rotatable bonds is 3. The number of nitrogens with zero attached hydrogens (tertiary/aromatic N) is 6. The summed E-state index contributed by atoms with van der Waals surface area (Å²) in [5.74, 6) is -0.0815. The van der Waals surface area contributed by atoms with Gasteiger partial charge < -0.3 is 4.90 Å². The predicted molar refractivity (Wildman–Crippen MR) is 76.5 cm³/mol. The van der Waals surface area contributed by atoms with Crippen molar-refractivity contribution >= 4 is 5.91 Å². The Morgan fingerprint density at radius 2 is 2.38 bits per heavy atom. The zero-order valence-corrected chi connectivity index (χ0v) is 12.1. The van der Waals surface area contributed by atoms with Gasteiger partial charge in [-0.25, -0.2) is 4.68 Å². The molecule has 0 radical (unpaired) electrons. The Kier molecular flexibility index (Phi) is 3.55. The van der Waals surface area contributed by atoms with E-state index in [1.54, 1.807) is 17.0 Å². The van der Waals surface area contributed by atoms with Crippen molar-refractivity contribution in [2.24, 2.45) is 7.05 Å². The molecule has 0 N–H and O–H groups in total. The topological polar surface area (TPSA) is 68.8 Å². The number of hydrogen-bond donors (Lipinski definition) is 0. The lowest BCUT2D eigenvalue weighted by Crippen LogP contribution is -2.30. The summed E-state index contributed by atoms with van der Waals surface area (Å²) in [4.78, 5) is 14.4. The van der Waals surface area contributed by atoms with E-state index >= 15 is 0 Å². The van der Waals surface area contributed by atoms with Gasteiger partial charge in [0.15, 0.2) is 5.69 Å². The van der Waals surface area contributed by atoms with Crippen molar-refractivity contribution in [3.63, 3.8) is 0 Å². The summed E-state index contributed by atoms with van der Waals surface area (Å²) in [7, 11) is 1.94. The van der Waals surface area contributed by atoms with Gasteiger partial charge in [0.1, 0.15) is 0 Å². The van der Waals surface area contributed by atoms with Crippen LogP contribution in [0.25, 0.3) is 0 Å². The molecule has 2 aromatic heterocycles. The third-order valence-electron chi connectivity index (χ3n) is 3.71. The van der Waals surface area contributed by atoms with E-state index in [-0.39, 0.29) is 5.91 Å². The van der Waals surface area contributed by atoms with Crippen molar-refractivity contribution in [3.05, 3.63) is 42.0 Å². The van der Waals surface area contributed by atoms with Gasteiger partial charge in [-0.3, -0.25) is 9.48 Å². The maximum absolute atomic E-state index is 12.5. The Bertz CT molecular complexity index is 671. The molecule has 7 heteroatoms. The van der Waals surface area contributed by atoms with Crippen molar-refractivity contribution in [1.29, 1.82) is 0 Å². The average Bonchev–Trinajstić information content (AvgIpc) is 3.00. The van der Waals surface area contributed by atoms with E-state index in [1.807, 2.05) is 22.8 Å². The van der Waals surface area contributed by atoms with E-state index in [0.29, 0.717) is 18.8 Å². The highest BCUT2D eigenvalue weighted by molar-refractivity contribution is 5.91. The Morgan fingerprint density at radius 1 is 1.52 bits per heavy atom. The average molecular weight is 286 g/mol. The first kappa shape index (κ1) is 13.5. The quantitative estimate of drug-likeness (QED) is 0.782. The van der Waals surface area contributed by atoms with Crippen molar-refractivity contribution in [1.82, 2.24) is 29.7 Å². The van der Waals surface area contributed by atoms with Crippen molar-refractivity contribution in [2.45, 2.75) is 25.9 Å². The lowest BCUT2D eigenvalue weighted by Gasteiger charge is -2.18. The molecule has 2 aromatic rings. The summed E-state index contributed by atoms with van der Waals surface area (Å²) < 4.78 is 3.50. The van der Waals surface area contributed by atoms with Crippen LogP contribution in [0.1, 0.15) is 28.2 Å². The minimum atomic E-state index is -0.0815. The molecule has 1 amide bonds. The zero-order chi connectivity index (χ0) is 14.8. The highest BCUT2D eigenvalue weighted by atomic mass is 16.2. The molecular weight excluding hydrogens is 268 g/mol. The van der Waals surface area contributed by atoms with Gasteiger partial charge in [-0.15, -0.1) is 11.7 Å². The summed E-state index contributed by atoms with van der Waals surface area (Å²) in [6, 6.07) is 0. The van der Waals surface area contributed by atoms with Crippen LogP contribution in [0.4, 0.5) is 0 Å². The summed E-state index contributed by atoms with van der Waals surface area (Å²) in [5, 5.41) is 12.2. The second-order valence-electron chi connectivity index (χ2n) is 5.18. The van der Waals surface area contributed by atoms with Crippen LogP contribution in [0.5, 0.6) is 0 Å². The number of carbonyl (C=O) groups is 1. The van der Waals surface area contributed by atoms with Crippen molar-refractivity contribution in [3.8, 4) is 0 Å². The maximum atomic E-state index is 12.5. The van der Waals surface area contributed by atoms with Crippen LogP contribution in [0, 0.1) is 0 Å². The van der Waals surface area contributed by atoms with Crippen LogP contribution >= 0.6 is 0 Å². The number of hydrogen-bond acceptors (Lipinski definition) is 4. The van der Waals surface area contributed by atoms with Gasteiger partial charge in [-0.05, 0) is 12.8 Å². The Balaban J connectivity index is 1.79. The van der Waals surface area contributed by atoms with Crippen molar-refractivity contribution < 1.29 is 4.79 Å². The van der Waals surface area contributed by atoms with E-state index < -0.39 is 0 Å². The smallest absolute Gasteiger partial charge is 0.276 e. The van der Waals surface area contributed by atoms with Gasteiger partial charge in [0, 0.05) is 31.4 Å². The molecule has 1 aliphatic heterocycles. The Labute approximate surface area is 122 Å². The molecule has 0 saturated heterocycles. The van der Waals surface area contributed by atoms with Gasteiger partial charge in [0.25, 0.3) is 5.91 Å². The molecule has 0 fully saturated rings. The second kappa shape index (κ2) is 5.51. The number of amides is 1. The fourth-order valence-corrected chi connectivity index (χ4v) is 2.64. The van der Waals surface area contributed by atoms with Crippen LogP contribution in [0.3, 0.4) is 0 Å². The lowest BCUT2D eigenvalue weighted by molar-refractivity contribution is 0.0740. The van der Waals surface area contributed by atoms with Crippen LogP contribution < -0.4 is 0 Å². The summed E-state index contributed by atoms with van der Waals surface area (Å²) in [5.41, 5.74) is 2.70. The second-order valence-corrected chi connectivity index (χ2v) is 5.18. The number of aryl methyl sites for hydroxylation is 1. The third-order valence-corrected chi connectivity index (χ3v) is 3.71. The maximum Gasteiger partial charge on any atom is 0.276 e. The number of carbonyl (C=O) groups excluding carboxylic acids is 1. The highest BCUT2D eigenvalue weighted by Crippen LogP contribution is 2.19. The van der Waals surface area contributed by atoms with E-state index in [2.05, 4.69) is 22.0 Å². The first-order valence-electron chi connectivity index (χ1n) is 6.99. The van der Waals surface area contributed by atoms with E-state index in [4.69, 9.17) is 0 Å². The molecule has 0 bridgehead atoms. The van der Waals surface area contributed by atoms with E-state index in [0.717, 1.165) is 24.9 Å². The molecular formula is C14H18N6O. The fourth-order valence-electron chi connectivity index (χ4n) is 2.64. The minimum Gasteiger partial charge on any atom is -0.333 e. The third kappa shape index (κ3) is 2.58. The zero-order valence-electron chi connectivity index (χ0n) is 12.1. The normalized spacial score (nSPS) is 14.6. The van der Waals surface area contributed by atoms with Gasteiger partial charge >= 0.3 is 0 Å². The standard InChI is InChI=1S/C14H18N6O/c1-3-6-20-10-12(16-17-20)14(21)19-7-4-5-13-11(9-19)8-15-18(13)2/h3,8,10H,1,4-7,9H2,2H3. The molecule has 1 aliphatic rings. The largest absolute Gasteiger partial charge is 0.333 e. The molecule has 0 atom stereocenters. The minimum absolute atomic E-state index is 0.0815. The molecule has 0 aromatic carbocycles. The fraction of sp³-hybridized carbons (Fsp3) is 0.429. The van der Waals surface area contributed by atoms with Crippen LogP contribution in [0.15, 0.2) is 25.0 Å². The van der Waals surface area contributed by atoms with Crippen molar-refractivity contribution in [2.75, 3.05) is 6.54 Å². The Morgan fingerprint density at radius 3 is 3.19 bits per heavy atom. The molecule has 3 rings (SSSR count). The molecule has 21 heavy (non-hydrogen) atoms. The van der Waals surface area contributed by atoms with Gasteiger partial charge in [-0.2, -0.15) is 5.10 Å². The molecule has 0 spiro atoms. The van der Waals surface area contributed by atoms with E-state index in [9.17, 15) is 4.79 Å². The summed E-state index contributed by atoms with van der Waals surface area (Å²) in [6.07, 6.45) is 7.10. The molecule has 110 valence electrons. The van der Waals surface area contributed by atoms with Crippen LogP contribution in [-0.2, 0) is 26.6 Å². The SMILES string of the molecule is C=CCn1cc(C(=O)N2CCCc3c(cnn3C)C2)nn1. The first-order valence-corrected chi connectivity index (χ1v) is 6.99. The predicted octanol–water partition coefficient (Wildman–Crippen LogP) is 0.786. The molecule has 3 heterocycles. The first-order chi connectivity index (χ1) is 10.2.